The van der Waals surface area contributed by atoms with Crippen LogP contribution in [0.4, 0.5) is 0 Å². The van der Waals surface area contributed by atoms with Crippen molar-refractivity contribution < 1.29 is 4.42 Å². The van der Waals surface area contributed by atoms with Gasteiger partial charge in [0.15, 0.2) is 0 Å². The van der Waals surface area contributed by atoms with Gasteiger partial charge in [0, 0.05) is 17.6 Å². The average molecular weight is 283 g/mol. The smallest absolute Gasteiger partial charge is 0.105 e. The summed E-state index contributed by atoms with van der Waals surface area (Å²) < 4.78 is 5.63. The molecule has 1 saturated carbocycles. The van der Waals surface area contributed by atoms with E-state index in [0.29, 0.717) is 12.1 Å². The van der Waals surface area contributed by atoms with Crippen molar-refractivity contribution >= 4 is 0 Å². The van der Waals surface area contributed by atoms with Gasteiger partial charge in [0.05, 0.1) is 0 Å². The zero-order chi connectivity index (χ0) is 15.0. The highest BCUT2D eigenvalue weighted by atomic mass is 16.3. The maximum Gasteiger partial charge on any atom is 0.105 e. The van der Waals surface area contributed by atoms with Gasteiger partial charge in [-0.2, -0.15) is 0 Å². The Morgan fingerprint density at radius 1 is 1.10 bits per heavy atom. The second kappa shape index (κ2) is 5.69. The zero-order valence-corrected chi connectivity index (χ0v) is 13.4. The summed E-state index contributed by atoms with van der Waals surface area (Å²) in [6.07, 6.45) is 2.48. The van der Waals surface area contributed by atoms with Crippen LogP contribution in [0, 0.1) is 20.8 Å². The highest BCUT2D eigenvalue weighted by Crippen LogP contribution is 2.38. The third-order valence-electron chi connectivity index (χ3n) is 4.72. The molecule has 0 radical (unpaired) electrons. The summed E-state index contributed by atoms with van der Waals surface area (Å²) in [5, 5.41) is 3.74. The van der Waals surface area contributed by atoms with Crippen LogP contribution in [-0.2, 0) is 0 Å². The van der Waals surface area contributed by atoms with Crippen LogP contribution in [0.25, 0.3) is 0 Å². The summed E-state index contributed by atoms with van der Waals surface area (Å²) in [5.74, 6) is 2.77. The van der Waals surface area contributed by atoms with Crippen molar-refractivity contribution in [3.8, 4) is 0 Å². The average Bonchev–Trinajstić information content (AvgIpc) is 2.74. The normalized spacial score (nSPS) is 22.9. The molecule has 1 fully saturated rings. The molecule has 1 unspecified atom stereocenters. The van der Waals surface area contributed by atoms with Crippen LogP contribution < -0.4 is 5.32 Å². The Kier molecular flexibility index (Phi) is 3.90. The molecule has 1 aliphatic carbocycles. The second-order valence-electron chi connectivity index (χ2n) is 6.53. The van der Waals surface area contributed by atoms with Gasteiger partial charge in [-0.3, -0.25) is 0 Å². The van der Waals surface area contributed by atoms with Gasteiger partial charge in [0.2, 0.25) is 0 Å². The van der Waals surface area contributed by atoms with E-state index in [2.05, 4.69) is 56.4 Å². The molecule has 2 heteroatoms. The monoisotopic (exact) mass is 283 g/mol. The number of rotatable bonds is 4. The topological polar surface area (TPSA) is 25.2 Å². The first-order chi connectivity index (χ1) is 10.0. The molecule has 0 aliphatic heterocycles. The molecule has 1 aromatic heterocycles. The van der Waals surface area contributed by atoms with Crippen LogP contribution in [0.1, 0.15) is 59.9 Å². The standard InChI is InChI=1S/C19H25NO/c1-12-5-7-16(8-6-12)17-10-18(11-17)20-14(3)19-9-13(2)21-15(19)4/h5-9,14,17-18,20H,10-11H2,1-4H3. The van der Waals surface area contributed by atoms with E-state index in [9.17, 15) is 0 Å². The lowest BCUT2D eigenvalue weighted by atomic mass is 9.75. The molecule has 0 spiro atoms. The van der Waals surface area contributed by atoms with Gasteiger partial charge in [-0.25, -0.2) is 0 Å². The van der Waals surface area contributed by atoms with Gasteiger partial charge in [-0.1, -0.05) is 29.8 Å². The first-order valence-electron chi connectivity index (χ1n) is 7.92. The van der Waals surface area contributed by atoms with E-state index in [0.717, 1.165) is 17.4 Å². The Labute approximate surface area is 127 Å². The van der Waals surface area contributed by atoms with Gasteiger partial charge in [0.1, 0.15) is 11.5 Å². The number of furan rings is 1. The SMILES string of the molecule is Cc1ccc(C2CC(NC(C)c3cc(C)oc3C)C2)cc1. The number of nitrogens with one attached hydrogen (secondary N) is 1. The van der Waals surface area contributed by atoms with Crippen molar-refractivity contribution in [3.63, 3.8) is 0 Å². The molecule has 0 bridgehead atoms. The fourth-order valence-corrected chi connectivity index (χ4v) is 3.39. The molecule has 1 heterocycles. The van der Waals surface area contributed by atoms with Crippen LogP contribution >= 0.6 is 0 Å². The van der Waals surface area contributed by atoms with Crippen LogP contribution in [-0.4, -0.2) is 6.04 Å². The van der Waals surface area contributed by atoms with Crippen molar-refractivity contribution in [1.29, 1.82) is 0 Å². The summed E-state index contributed by atoms with van der Waals surface area (Å²) in [5.41, 5.74) is 4.13. The highest BCUT2D eigenvalue weighted by molar-refractivity contribution is 5.28. The van der Waals surface area contributed by atoms with E-state index in [1.54, 1.807) is 0 Å². The molecule has 1 atom stereocenters. The first-order valence-corrected chi connectivity index (χ1v) is 7.92. The molecule has 0 amide bonds. The summed E-state index contributed by atoms with van der Waals surface area (Å²) in [6, 6.07) is 12.1. The Balaban J connectivity index is 1.55. The molecule has 2 nitrogen and oxygen atoms in total. The third kappa shape index (κ3) is 3.06. The van der Waals surface area contributed by atoms with Crippen molar-refractivity contribution in [3.05, 3.63) is 58.5 Å². The third-order valence-corrected chi connectivity index (χ3v) is 4.72. The van der Waals surface area contributed by atoms with Crippen LogP contribution in [0.5, 0.6) is 0 Å². The summed E-state index contributed by atoms with van der Waals surface area (Å²) >= 11 is 0. The van der Waals surface area contributed by atoms with Gasteiger partial charge < -0.3 is 9.73 Å². The molecule has 1 N–H and O–H groups in total. The lowest BCUT2D eigenvalue weighted by Gasteiger charge is -2.38. The number of aryl methyl sites for hydroxylation is 3. The molecule has 21 heavy (non-hydrogen) atoms. The molecule has 2 aromatic rings. The number of hydrogen-bond acceptors (Lipinski definition) is 2. The van der Waals surface area contributed by atoms with Gasteiger partial charge in [0.25, 0.3) is 0 Å². The molecular weight excluding hydrogens is 258 g/mol. The molecule has 0 saturated heterocycles. The summed E-state index contributed by atoms with van der Waals surface area (Å²) in [4.78, 5) is 0. The first kappa shape index (κ1) is 14.4. The Hall–Kier alpha value is -1.54. The predicted molar refractivity (Wildman–Crippen MR) is 86.7 cm³/mol. The maximum absolute atomic E-state index is 5.63. The van der Waals surface area contributed by atoms with Gasteiger partial charge in [-0.15, -0.1) is 0 Å². The minimum absolute atomic E-state index is 0.367. The van der Waals surface area contributed by atoms with Gasteiger partial charge in [-0.05, 0) is 58.1 Å². The molecule has 1 aromatic carbocycles. The van der Waals surface area contributed by atoms with Crippen molar-refractivity contribution in [2.75, 3.05) is 0 Å². The van der Waals surface area contributed by atoms with E-state index < -0.39 is 0 Å². The van der Waals surface area contributed by atoms with Crippen molar-refractivity contribution in [2.45, 2.75) is 58.5 Å². The Bertz CT molecular complexity index is 605. The highest BCUT2D eigenvalue weighted by Gasteiger charge is 2.31. The van der Waals surface area contributed by atoms with Crippen LogP contribution in [0.2, 0.25) is 0 Å². The van der Waals surface area contributed by atoms with Crippen molar-refractivity contribution in [2.24, 2.45) is 0 Å². The summed E-state index contributed by atoms with van der Waals surface area (Å²) in [7, 11) is 0. The van der Waals surface area contributed by atoms with Crippen LogP contribution in [0.15, 0.2) is 34.7 Å². The van der Waals surface area contributed by atoms with E-state index in [4.69, 9.17) is 4.42 Å². The van der Waals surface area contributed by atoms with Crippen molar-refractivity contribution in [1.82, 2.24) is 5.32 Å². The van der Waals surface area contributed by atoms with Crippen LogP contribution in [0.3, 0.4) is 0 Å². The Morgan fingerprint density at radius 3 is 2.33 bits per heavy atom. The Morgan fingerprint density at radius 2 is 1.76 bits per heavy atom. The largest absolute Gasteiger partial charge is 0.466 e. The number of benzene rings is 1. The van der Waals surface area contributed by atoms with E-state index in [-0.39, 0.29) is 0 Å². The summed E-state index contributed by atoms with van der Waals surface area (Å²) in [6.45, 7) is 8.44. The predicted octanol–water partition coefficient (Wildman–Crippen LogP) is 4.80. The number of hydrogen-bond donors (Lipinski definition) is 1. The van der Waals surface area contributed by atoms with E-state index in [1.165, 1.54) is 29.5 Å². The molecule has 112 valence electrons. The quantitative estimate of drug-likeness (QED) is 0.871. The zero-order valence-electron chi connectivity index (χ0n) is 13.4. The van der Waals surface area contributed by atoms with Gasteiger partial charge >= 0.3 is 0 Å². The second-order valence-corrected chi connectivity index (χ2v) is 6.53. The van der Waals surface area contributed by atoms with E-state index >= 15 is 0 Å². The molecular formula is C19H25NO. The fourth-order valence-electron chi connectivity index (χ4n) is 3.39. The fraction of sp³-hybridized carbons (Fsp3) is 0.474. The molecule has 3 rings (SSSR count). The lowest BCUT2D eigenvalue weighted by Crippen LogP contribution is -2.41. The maximum atomic E-state index is 5.63. The minimum Gasteiger partial charge on any atom is -0.466 e. The van der Waals surface area contributed by atoms with E-state index in [1.807, 2.05) is 6.92 Å². The minimum atomic E-state index is 0.367. The lowest BCUT2D eigenvalue weighted by molar-refractivity contribution is 0.270. The molecule has 1 aliphatic rings.